The maximum absolute atomic E-state index is 12.4. The van der Waals surface area contributed by atoms with Crippen molar-refractivity contribution in [3.05, 3.63) is 35.5 Å². The first-order valence-corrected chi connectivity index (χ1v) is 8.75. The first-order valence-electron chi connectivity index (χ1n) is 8.75. The van der Waals surface area contributed by atoms with Crippen LogP contribution in [-0.2, 0) is 11.3 Å². The Hall–Kier alpha value is -2.68. The second-order valence-electron chi connectivity index (χ2n) is 6.32. The zero-order valence-corrected chi connectivity index (χ0v) is 14.5. The Morgan fingerprint density at radius 2 is 2.24 bits per heavy atom. The number of nitrogens with one attached hydrogen (secondary N) is 1. The van der Waals surface area contributed by atoms with Crippen LogP contribution in [0.25, 0.3) is 0 Å². The molecule has 1 saturated heterocycles. The number of nitriles is 1. The van der Waals surface area contributed by atoms with Crippen molar-refractivity contribution in [1.29, 1.82) is 5.26 Å². The summed E-state index contributed by atoms with van der Waals surface area (Å²) >= 11 is 0. The highest BCUT2D eigenvalue weighted by Gasteiger charge is 2.20. The third-order valence-corrected chi connectivity index (χ3v) is 4.69. The van der Waals surface area contributed by atoms with Crippen molar-refractivity contribution in [2.45, 2.75) is 45.2 Å². The summed E-state index contributed by atoms with van der Waals surface area (Å²) in [5.41, 5.74) is 1.06. The van der Waals surface area contributed by atoms with Crippen LogP contribution in [0.1, 0.15) is 38.2 Å². The fourth-order valence-corrected chi connectivity index (χ4v) is 3.26. The second kappa shape index (κ2) is 7.93. The summed E-state index contributed by atoms with van der Waals surface area (Å²) in [5, 5.41) is 12.2. The SMILES string of the molecule is CCC1CCCCN1/C=C(/C#N)C(=O)NCc1ccc2c(c1)OCO2. The molecule has 1 aromatic carbocycles. The van der Waals surface area contributed by atoms with E-state index in [1.54, 1.807) is 6.20 Å². The summed E-state index contributed by atoms with van der Waals surface area (Å²) in [6.07, 6.45) is 6.17. The summed E-state index contributed by atoms with van der Waals surface area (Å²) in [4.78, 5) is 14.5. The maximum atomic E-state index is 12.4. The van der Waals surface area contributed by atoms with Crippen LogP contribution in [0.4, 0.5) is 0 Å². The molecule has 0 radical (unpaired) electrons. The van der Waals surface area contributed by atoms with Gasteiger partial charge < -0.3 is 19.7 Å². The largest absolute Gasteiger partial charge is 0.454 e. The number of piperidine rings is 1. The van der Waals surface area contributed by atoms with E-state index >= 15 is 0 Å². The minimum absolute atomic E-state index is 0.154. The van der Waals surface area contributed by atoms with Gasteiger partial charge in [0.2, 0.25) is 6.79 Å². The molecule has 0 aromatic heterocycles. The van der Waals surface area contributed by atoms with E-state index in [-0.39, 0.29) is 18.3 Å². The van der Waals surface area contributed by atoms with Crippen molar-refractivity contribution >= 4 is 5.91 Å². The fraction of sp³-hybridized carbons (Fsp3) is 0.474. The topological polar surface area (TPSA) is 74.6 Å². The summed E-state index contributed by atoms with van der Waals surface area (Å²) in [6.45, 7) is 3.61. The predicted octanol–water partition coefficient (Wildman–Crippen LogP) is 2.70. The van der Waals surface area contributed by atoms with Crippen LogP contribution in [0.2, 0.25) is 0 Å². The minimum atomic E-state index is -0.347. The Balaban J connectivity index is 1.62. The van der Waals surface area contributed by atoms with E-state index in [9.17, 15) is 10.1 Å². The Morgan fingerprint density at radius 1 is 1.40 bits per heavy atom. The van der Waals surface area contributed by atoms with Gasteiger partial charge in [0.15, 0.2) is 11.5 Å². The standard InChI is InChI=1S/C19H23N3O3/c1-2-16-5-3-4-8-22(16)12-15(10-20)19(23)21-11-14-6-7-17-18(9-14)25-13-24-17/h6-7,9,12,16H,2-5,8,11,13H2,1H3,(H,21,23)/b15-12-. The molecular weight excluding hydrogens is 318 g/mol. The van der Waals surface area contributed by atoms with Gasteiger partial charge in [-0.1, -0.05) is 13.0 Å². The minimum Gasteiger partial charge on any atom is -0.454 e. The third kappa shape index (κ3) is 4.05. The van der Waals surface area contributed by atoms with Crippen LogP contribution in [0.3, 0.4) is 0 Å². The van der Waals surface area contributed by atoms with Gasteiger partial charge in [0.1, 0.15) is 11.6 Å². The van der Waals surface area contributed by atoms with Crippen LogP contribution in [0, 0.1) is 11.3 Å². The van der Waals surface area contributed by atoms with Gasteiger partial charge in [0.25, 0.3) is 5.91 Å². The molecule has 0 aliphatic carbocycles. The van der Waals surface area contributed by atoms with E-state index in [1.165, 1.54) is 6.42 Å². The van der Waals surface area contributed by atoms with Crippen molar-refractivity contribution in [3.63, 3.8) is 0 Å². The molecule has 0 spiro atoms. The summed E-state index contributed by atoms with van der Waals surface area (Å²) in [6, 6.07) is 7.99. The number of ether oxygens (including phenoxy) is 2. The lowest BCUT2D eigenvalue weighted by Gasteiger charge is -2.34. The number of hydrogen-bond acceptors (Lipinski definition) is 5. The van der Waals surface area contributed by atoms with E-state index in [2.05, 4.69) is 17.1 Å². The maximum Gasteiger partial charge on any atom is 0.263 e. The monoisotopic (exact) mass is 341 g/mol. The summed E-state index contributed by atoms with van der Waals surface area (Å²) in [7, 11) is 0. The molecule has 1 N–H and O–H groups in total. The van der Waals surface area contributed by atoms with Crippen molar-refractivity contribution in [2.24, 2.45) is 0 Å². The number of likely N-dealkylation sites (tertiary alicyclic amines) is 1. The van der Waals surface area contributed by atoms with Gasteiger partial charge in [-0.05, 0) is 43.4 Å². The molecule has 2 aliphatic heterocycles. The molecule has 0 saturated carbocycles. The van der Waals surface area contributed by atoms with Gasteiger partial charge in [-0.15, -0.1) is 0 Å². The molecule has 1 atom stereocenters. The Bertz CT molecular complexity index is 708. The molecule has 1 fully saturated rings. The average Bonchev–Trinajstić information content (AvgIpc) is 3.12. The van der Waals surface area contributed by atoms with Crippen LogP contribution < -0.4 is 14.8 Å². The molecule has 1 unspecified atom stereocenters. The molecule has 2 heterocycles. The fourth-order valence-electron chi connectivity index (χ4n) is 3.26. The zero-order valence-electron chi connectivity index (χ0n) is 14.5. The highest BCUT2D eigenvalue weighted by Crippen LogP contribution is 2.32. The van der Waals surface area contributed by atoms with Gasteiger partial charge in [-0.3, -0.25) is 4.79 Å². The lowest BCUT2D eigenvalue weighted by molar-refractivity contribution is -0.117. The van der Waals surface area contributed by atoms with Crippen LogP contribution in [0.5, 0.6) is 11.5 Å². The Morgan fingerprint density at radius 3 is 3.04 bits per heavy atom. The molecule has 25 heavy (non-hydrogen) atoms. The van der Waals surface area contributed by atoms with Crippen molar-refractivity contribution in [1.82, 2.24) is 10.2 Å². The summed E-state index contributed by atoms with van der Waals surface area (Å²) < 4.78 is 10.6. The van der Waals surface area contributed by atoms with Gasteiger partial charge in [-0.25, -0.2) is 0 Å². The molecule has 132 valence electrons. The Kier molecular flexibility index (Phi) is 5.44. The smallest absolute Gasteiger partial charge is 0.263 e. The number of fused-ring (bicyclic) bond motifs is 1. The van der Waals surface area contributed by atoms with E-state index in [0.29, 0.717) is 24.1 Å². The molecule has 6 nitrogen and oxygen atoms in total. The van der Waals surface area contributed by atoms with E-state index in [1.807, 2.05) is 24.3 Å². The number of nitrogens with zero attached hydrogens (tertiary/aromatic N) is 2. The predicted molar refractivity (Wildman–Crippen MR) is 92.7 cm³/mol. The third-order valence-electron chi connectivity index (χ3n) is 4.69. The van der Waals surface area contributed by atoms with Crippen LogP contribution in [0.15, 0.2) is 30.0 Å². The number of rotatable bonds is 5. The number of amides is 1. The number of carbonyl (C=O) groups excluding carboxylic acids is 1. The molecule has 1 aromatic rings. The number of benzene rings is 1. The summed E-state index contributed by atoms with van der Waals surface area (Å²) in [5.74, 6) is 1.05. The molecular formula is C19H23N3O3. The quantitative estimate of drug-likeness (QED) is 0.658. The first kappa shape index (κ1) is 17.2. The van der Waals surface area contributed by atoms with E-state index in [0.717, 1.165) is 31.4 Å². The van der Waals surface area contributed by atoms with Crippen molar-refractivity contribution in [3.8, 4) is 17.6 Å². The van der Waals surface area contributed by atoms with Gasteiger partial charge in [0.05, 0.1) is 0 Å². The first-order chi connectivity index (χ1) is 12.2. The van der Waals surface area contributed by atoms with E-state index in [4.69, 9.17) is 9.47 Å². The van der Waals surface area contributed by atoms with Crippen LogP contribution >= 0.6 is 0 Å². The number of carbonyl (C=O) groups is 1. The average molecular weight is 341 g/mol. The highest BCUT2D eigenvalue weighted by atomic mass is 16.7. The second-order valence-corrected chi connectivity index (χ2v) is 6.32. The lowest BCUT2D eigenvalue weighted by Crippen LogP contribution is -2.36. The zero-order chi connectivity index (χ0) is 17.6. The highest BCUT2D eigenvalue weighted by molar-refractivity contribution is 5.97. The molecule has 2 aliphatic rings. The van der Waals surface area contributed by atoms with Gasteiger partial charge in [-0.2, -0.15) is 5.26 Å². The van der Waals surface area contributed by atoms with Gasteiger partial charge in [0, 0.05) is 25.3 Å². The Labute approximate surface area is 148 Å². The van der Waals surface area contributed by atoms with Crippen molar-refractivity contribution < 1.29 is 14.3 Å². The molecule has 6 heteroatoms. The van der Waals surface area contributed by atoms with E-state index < -0.39 is 0 Å². The normalized spacial score (nSPS) is 19.4. The molecule has 1 amide bonds. The molecule has 0 bridgehead atoms. The van der Waals surface area contributed by atoms with Crippen molar-refractivity contribution in [2.75, 3.05) is 13.3 Å². The number of hydrogen-bond donors (Lipinski definition) is 1. The van der Waals surface area contributed by atoms with Gasteiger partial charge >= 0.3 is 0 Å². The molecule has 3 rings (SSSR count). The lowest BCUT2D eigenvalue weighted by atomic mass is 10.0. The van der Waals surface area contributed by atoms with Crippen LogP contribution in [-0.4, -0.2) is 30.2 Å².